The van der Waals surface area contributed by atoms with Gasteiger partial charge in [-0.1, -0.05) is 48.5 Å². The summed E-state index contributed by atoms with van der Waals surface area (Å²) in [6.45, 7) is 0. The average Bonchev–Trinajstić information content (AvgIpc) is 2.30. The van der Waals surface area contributed by atoms with Crippen molar-refractivity contribution in [3.8, 4) is 11.1 Å². The molecular weight excluding hydrogens is 314 g/mol. The van der Waals surface area contributed by atoms with E-state index in [1.165, 1.54) is 0 Å². The average molecular weight is 324 g/mol. The van der Waals surface area contributed by atoms with Gasteiger partial charge in [-0.25, -0.2) is 0 Å². The van der Waals surface area contributed by atoms with Gasteiger partial charge in [0.15, 0.2) is 0 Å². The molecule has 0 heterocycles. The van der Waals surface area contributed by atoms with E-state index in [2.05, 4.69) is 22.6 Å². The van der Waals surface area contributed by atoms with Crippen molar-refractivity contribution in [2.24, 2.45) is 0 Å². The van der Waals surface area contributed by atoms with Crippen LogP contribution in [0.5, 0.6) is 0 Å². The normalized spacial score (nSPS) is 10.2. The summed E-state index contributed by atoms with van der Waals surface area (Å²) in [6, 6.07) is 15.4. The van der Waals surface area contributed by atoms with Crippen LogP contribution in [0, 0.1) is 3.57 Å². The van der Waals surface area contributed by atoms with Crippen molar-refractivity contribution in [1.82, 2.24) is 0 Å². The molecule has 2 nitrogen and oxygen atoms in total. The van der Waals surface area contributed by atoms with Crippen LogP contribution in [0.4, 0.5) is 0 Å². The minimum atomic E-state index is -1.42. The van der Waals surface area contributed by atoms with E-state index in [0.29, 0.717) is 5.46 Å². The number of hydrogen-bond donors (Lipinski definition) is 2. The van der Waals surface area contributed by atoms with E-state index in [0.717, 1.165) is 14.7 Å². The summed E-state index contributed by atoms with van der Waals surface area (Å²) in [4.78, 5) is 0. The maximum absolute atomic E-state index is 9.23. The Morgan fingerprint density at radius 3 is 2.19 bits per heavy atom. The van der Waals surface area contributed by atoms with Crippen molar-refractivity contribution in [3.05, 3.63) is 52.1 Å². The van der Waals surface area contributed by atoms with Crippen molar-refractivity contribution in [2.45, 2.75) is 0 Å². The van der Waals surface area contributed by atoms with Gasteiger partial charge in [0, 0.05) is 3.57 Å². The highest BCUT2D eigenvalue weighted by Crippen LogP contribution is 2.23. The SMILES string of the molecule is OB(O)c1cccc(-c2ccccc2)c1I. The summed E-state index contributed by atoms with van der Waals surface area (Å²) in [5.41, 5.74) is 2.64. The molecule has 2 rings (SSSR count). The Bertz CT molecular complexity index is 486. The fraction of sp³-hybridized carbons (Fsp3) is 0. The highest BCUT2D eigenvalue weighted by atomic mass is 127. The second-order valence-corrected chi connectivity index (χ2v) is 4.53. The first-order chi connectivity index (χ1) is 7.70. The molecule has 0 bridgehead atoms. The summed E-state index contributed by atoms with van der Waals surface area (Å²) in [6.07, 6.45) is 0. The number of halogens is 1. The maximum Gasteiger partial charge on any atom is 0.489 e. The molecule has 0 atom stereocenters. The van der Waals surface area contributed by atoms with Crippen molar-refractivity contribution < 1.29 is 10.0 Å². The van der Waals surface area contributed by atoms with Gasteiger partial charge in [0.1, 0.15) is 0 Å². The third-order valence-corrected chi connectivity index (χ3v) is 3.60. The van der Waals surface area contributed by atoms with E-state index >= 15 is 0 Å². The summed E-state index contributed by atoms with van der Waals surface area (Å²) >= 11 is 2.14. The second kappa shape index (κ2) is 4.99. The fourth-order valence-electron chi connectivity index (χ4n) is 1.59. The van der Waals surface area contributed by atoms with Crippen LogP contribution in [-0.4, -0.2) is 17.2 Å². The van der Waals surface area contributed by atoms with E-state index in [1.54, 1.807) is 6.07 Å². The first kappa shape index (κ1) is 11.6. The standard InChI is InChI=1S/C12H10BIO2/c14-12-10(9-5-2-1-3-6-9)7-4-8-11(12)13(15)16/h1-8,15-16H. The molecule has 0 aliphatic heterocycles. The Kier molecular flexibility index (Phi) is 3.63. The zero-order valence-corrected chi connectivity index (χ0v) is 10.6. The van der Waals surface area contributed by atoms with Gasteiger partial charge in [-0.15, -0.1) is 0 Å². The minimum Gasteiger partial charge on any atom is -0.423 e. The highest BCUT2D eigenvalue weighted by Gasteiger charge is 2.16. The lowest BCUT2D eigenvalue weighted by molar-refractivity contribution is 0.425. The first-order valence-corrected chi connectivity index (χ1v) is 5.98. The molecule has 0 aliphatic carbocycles. The van der Waals surface area contributed by atoms with E-state index < -0.39 is 7.12 Å². The monoisotopic (exact) mass is 324 g/mol. The summed E-state index contributed by atoms with van der Waals surface area (Å²) < 4.78 is 0.876. The number of benzene rings is 2. The molecule has 2 N–H and O–H groups in total. The van der Waals surface area contributed by atoms with Gasteiger partial charge in [-0.05, 0) is 39.2 Å². The van der Waals surface area contributed by atoms with Gasteiger partial charge in [0.05, 0.1) is 0 Å². The summed E-state index contributed by atoms with van der Waals surface area (Å²) in [5, 5.41) is 18.5. The Labute approximate surface area is 108 Å². The molecule has 0 saturated heterocycles. The van der Waals surface area contributed by atoms with Gasteiger partial charge in [0.25, 0.3) is 0 Å². The maximum atomic E-state index is 9.23. The number of rotatable bonds is 2. The van der Waals surface area contributed by atoms with Crippen LogP contribution in [0.1, 0.15) is 0 Å². The molecule has 0 fully saturated rings. The molecule has 0 aliphatic rings. The quantitative estimate of drug-likeness (QED) is 0.651. The van der Waals surface area contributed by atoms with Gasteiger partial charge in [-0.3, -0.25) is 0 Å². The van der Waals surface area contributed by atoms with Crippen LogP contribution in [0.3, 0.4) is 0 Å². The lowest BCUT2D eigenvalue weighted by atomic mass is 9.79. The molecule has 0 aromatic heterocycles. The minimum absolute atomic E-state index is 0.543. The van der Waals surface area contributed by atoms with E-state index in [9.17, 15) is 10.0 Å². The van der Waals surface area contributed by atoms with Crippen LogP contribution in [-0.2, 0) is 0 Å². The molecule has 2 aromatic rings. The summed E-state index contributed by atoms with van der Waals surface area (Å²) in [7, 11) is -1.42. The smallest absolute Gasteiger partial charge is 0.423 e. The second-order valence-electron chi connectivity index (χ2n) is 3.45. The zero-order chi connectivity index (χ0) is 11.5. The van der Waals surface area contributed by atoms with Crippen LogP contribution < -0.4 is 5.46 Å². The molecule has 0 saturated carbocycles. The molecule has 0 radical (unpaired) electrons. The van der Waals surface area contributed by atoms with Crippen molar-refractivity contribution in [2.75, 3.05) is 0 Å². The van der Waals surface area contributed by atoms with Crippen molar-refractivity contribution >= 4 is 35.2 Å². The molecule has 16 heavy (non-hydrogen) atoms. The first-order valence-electron chi connectivity index (χ1n) is 4.90. The van der Waals surface area contributed by atoms with E-state index in [4.69, 9.17) is 0 Å². The highest BCUT2D eigenvalue weighted by molar-refractivity contribution is 14.1. The lowest BCUT2D eigenvalue weighted by Gasteiger charge is -2.09. The predicted molar refractivity (Wildman–Crippen MR) is 74.4 cm³/mol. The molecule has 0 spiro atoms. The van der Waals surface area contributed by atoms with Gasteiger partial charge in [0.2, 0.25) is 0 Å². The van der Waals surface area contributed by atoms with Crippen molar-refractivity contribution in [1.29, 1.82) is 0 Å². The fourth-order valence-corrected chi connectivity index (χ4v) is 2.54. The predicted octanol–water partition coefficient (Wildman–Crippen LogP) is 1.64. The van der Waals surface area contributed by atoms with Crippen molar-refractivity contribution in [3.63, 3.8) is 0 Å². The Morgan fingerprint density at radius 2 is 1.56 bits per heavy atom. The van der Waals surface area contributed by atoms with Gasteiger partial charge < -0.3 is 10.0 Å². The topological polar surface area (TPSA) is 40.5 Å². The van der Waals surface area contributed by atoms with Crippen LogP contribution in [0.2, 0.25) is 0 Å². The summed E-state index contributed by atoms with van der Waals surface area (Å²) in [5.74, 6) is 0. The molecule has 2 aromatic carbocycles. The van der Waals surface area contributed by atoms with Crippen LogP contribution >= 0.6 is 22.6 Å². The van der Waals surface area contributed by atoms with Crippen LogP contribution in [0.25, 0.3) is 11.1 Å². The lowest BCUT2D eigenvalue weighted by Crippen LogP contribution is -2.32. The van der Waals surface area contributed by atoms with E-state index in [1.807, 2.05) is 42.5 Å². The largest absolute Gasteiger partial charge is 0.489 e. The number of hydrogen-bond acceptors (Lipinski definition) is 2. The molecule has 0 amide bonds. The third-order valence-electron chi connectivity index (χ3n) is 2.39. The van der Waals surface area contributed by atoms with Gasteiger partial charge in [-0.2, -0.15) is 0 Å². The van der Waals surface area contributed by atoms with Gasteiger partial charge >= 0.3 is 7.12 Å². The Balaban J connectivity index is 2.55. The zero-order valence-electron chi connectivity index (χ0n) is 8.47. The Hall–Kier alpha value is -0.845. The van der Waals surface area contributed by atoms with Crippen LogP contribution in [0.15, 0.2) is 48.5 Å². The molecule has 0 unspecified atom stereocenters. The molecule has 4 heteroatoms. The molecule has 80 valence electrons. The Morgan fingerprint density at radius 1 is 0.875 bits per heavy atom. The van der Waals surface area contributed by atoms with E-state index in [-0.39, 0.29) is 0 Å². The third kappa shape index (κ3) is 2.29. The molecular formula is C12H10BIO2.